The molecule has 4 amide bonds. The number of methoxy groups -OCH3 is 1. The fourth-order valence-electron chi connectivity index (χ4n) is 9.38. The fourth-order valence-corrected chi connectivity index (χ4v) is 9.90. The molecule has 1 saturated heterocycles. The fraction of sp³-hybridized carbons (Fsp3) is 0.550. The number of aldehydes is 1. The monoisotopic (exact) mass is 1270 g/mol. The number of benzene rings is 3. The van der Waals surface area contributed by atoms with E-state index in [9.17, 15) is 39.0 Å². The van der Waals surface area contributed by atoms with E-state index in [2.05, 4.69) is 16.0 Å². The maximum absolute atomic E-state index is 14.0. The molecule has 5 N–H and O–H groups in total. The van der Waals surface area contributed by atoms with Crippen LogP contribution in [0, 0.1) is 0 Å². The molecule has 3 aromatic carbocycles. The molecule has 0 saturated carbocycles. The molecule has 0 aliphatic carbocycles. The number of nitrogens with zero attached hydrogens (tertiary/aromatic N) is 7. The number of nitrogens with one attached hydrogen (secondary N) is 3. The molecular weight excluding hydrogens is 1190 g/mol. The van der Waals surface area contributed by atoms with Crippen LogP contribution >= 0.6 is 23.2 Å². The van der Waals surface area contributed by atoms with Gasteiger partial charge in [-0.3, -0.25) is 38.8 Å². The van der Waals surface area contributed by atoms with Gasteiger partial charge < -0.3 is 73.8 Å². The molecular formula is C60H84Cl2N10O16. The lowest BCUT2D eigenvalue weighted by Gasteiger charge is -2.32. The summed E-state index contributed by atoms with van der Waals surface area (Å²) in [6.07, 6.45) is 0.797. The Morgan fingerprint density at radius 1 is 0.659 bits per heavy atom. The standard InChI is InChI=1S/C60H84Cl2N10O16/c1-60(2,3)67(4)58(79)56-50-42-88-52-38-51(81-5)48(37-49(52)57(50)72(66-56)47-35-44(61)34-45(62)36-47)43-7-6-8-46(33-43)65-59(80)64-10-22-83-24-26-85-28-30-87-32-31-86-29-27-84-25-23-82-21-9-63-53(74)39-69-13-11-68(19-20-73)12-14-70(40-54(75)76)17-18-71(16-15-69)41-55(77)78/h6-8,20,33-38H,9-19,21-32,39-42H2,1-5H3,(H,63,74)(H,75,76)(H,77,78)(H2,64,65,80). The Morgan fingerprint density at radius 2 is 1.16 bits per heavy atom. The Kier molecular flexibility index (Phi) is 29.5. The highest BCUT2D eigenvalue weighted by atomic mass is 35.5. The van der Waals surface area contributed by atoms with Crippen LogP contribution < -0.4 is 25.4 Å². The number of amides is 4. The predicted octanol–water partition coefficient (Wildman–Crippen LogP) is 4.21. The van der Waals surface area contributed by atoms with E-state index in [1.807, 2.05) is 54.8 Å². The Balaban J connectivity index is 0.796. The van der Waals surface area contributed by atoms with Gasteiger partial charge >= 0.3 is 18.0 Å². The molecule has 0 spiro atoms. The lowest BCUT2D eigenvalue weighted by atomic mass is 9.95. The van der Waals surface area contributed by atoms with Gasteiger partial charge in [0.25, 0.3) is 5.91 Å². The molecule has 26 nitrogen and oxygen atoms in total. The van der Waals surface area contributed by atoms with Crippen molar-refractivity contribution in [2.24, 2.45) is 0 Å². The van der Waals surface area contributed by atoms with Crippen LogP contribution in [0.3, 0.4) is 0 Å². The Morgan fingerprint density at radius 3 is 1.66 bits per heavy atom. The van der Waals surface area contributed by atoms with E-state index in [1.54, 1.807) is 63.9 Å². The van der Waals surface area contributed by atoms with Gasteiger partial charge in [0.15, 0.2) is 5.69 Å². The van der Waals surface area contributed by atoms with Crippen LogP contribution in [-0.2, 0) is 54.2 Å². The minimum absolute atomic E-state index is 0.0763. The third kappa shape index (κ3) is 23.4. The SMILES string of the molecule is COc1cc2c(cc1-c1cccc(NC(=O)NCCOCCOCCOCCOCCOCCOCCNC(=O)CN3CCN(CC=O)CCN(CC(=O)O)CCN(CC(=O)O)CC3)c1)-c1c(c(C(=O)N(C)C(C)(C)C)nn1-c1cc(Cl)cc(Cl)c1)CO2. The van der Waals surface area contributed by atoms with Gasteiger partial charge in [-0.05, 0) is 62.7 Å². The van der Waals surface area contributed by atoms with Crippen LogP contribution in [0.25, 0.3) is 28.1 Å². The van der Waals surface area contributed by atoms with Crippen molar-refractivity contribution in [1.29, 1.82) is 0 Å². The van der Waals surface area contributed by atoms with Crippen molar-refractivity contribution < 1.29 is 76.9 Å². The third-order valence-corrected chi connectivity index (χ3v) is 14.7. The summed E-state index contributed by atoms with van der Waals surface area (Å²) in [6, 6.07) is 15.7. The molecule has 6 rings (SSSR count). The van der Waals surface area contributed by atoms with Crippen molar-refractivity contribution >= 4 is 65.0 Å². The van der Waals surface area contributed by atoms with Crippen molar-refractivity contribution in [2.75, 3.05) is 190 Å². The van der Waals surface area contributed by atoms with Gasteiger partial charge in [-0.2, -0.15) is 5.10 Å². The van der Waals surface area contributed by atoms with E-state index >= 15 is 0 Å². The molecule has 88 heavy (non-hydrogen) atoms. The number of aromatic nitrogens is 2. The Hall–Kier alpha value is -6.53. The first-order chi connectivity index (χ1) is 42.3. The van der Waals surface area contributed by atoms with Gasteiger partial charge in [-0.25, -0.2) is 9.48 Å². The summed E-state index contributed by atoms with van der Waals surface area (Å²) in [6.45, 7) is 13.7. The molecule has 0 atom stereocenters. The summed E-state index contributed by atoms with van der Waals surface area (Å²) in [5.74, 6) is -1.41. The number of carbonyl (C=O) groups is 6. The number of ether oxygens (including phenoxy) is 8. The second-order valence-corrected chi connectivity index (χ2v) is 22.5. The number of aliphatic carboxylic acids is 2. The number of anilines is 1. The number of carbonyl (C=O) groups excluding carboxylic acids is 4. The van der Waals surface area contributed by atoms with E-state index in [0.29, 0.717) is 174 Å². The van der Waals surface area contributed by atoms with Crippen LogP contribution in [0.5, 0.6) is 11.5 Å². The normalized spacial score (nSPS) is 14.6. The third-order valence-electron chi connectivity index (χ3n) is 14.3. The van der Waals surface area contributed by atoms with E-state index in [4.69, 9.17) is 66.2 Å². The molecule has 484 valence electrons. The average Bonchev–Trinajstić information content (AvgIpc) is 1.60. The number of halogens is 2. The number of hydrogen-bond acceptors (Lipinski definition) is 19. The zero-order valence-corrected chi connectivity index (χ0v) is 52.4. The second-order valence-electron chi connectivity index (χ2n) is 21.7. The van der Waals surface area contributed by atoms with Crippen molar-refractivity contribution in [3.8, 4) is 39.6 Å². The van der Waals surface area contributed by atoms with Crippen LogP contribution in [0.2, 0.25) is 10.0 Å². The molecule has 28 heteroatoms. The van der Waals surface area contributed by atoms with Crippen molar-refractivity contribution in [2.45, 2.75) is 32.9 Å². The Labute approximate surface area is 523 Å². The maximum Gasteiger partial charge on any atom is 0.319 e. The van der Waals surface area contributed by atoms with Crippen molar-refractivity contribution in [3.63, 3.8) is 0 Å². The smallest absolute Gasteiger partial charge is 0.319 e. The van der Waals surface area contributed by atoms with E-state index in [-0.39, 0.29) is 76.6 Å². The molecule has 0 radical (unpaired) electrons. The van der Waals surface area contributed by atoms with Crippen molar-refractivity contribution in [3.05, 3.63) is 75.9 Å². The minimum Gasteiger partial charge on any atom is -0.496 e. The first-order valence-electron chi connectivity index (χ1n) is 29.2. The van der Waals surface area contributed by atoms with Gasteiger partial charge in [0.2, 0.25) is 5.91 Å². The van der Waals surface area contributed by atoms with Crippen LogP contribution in [-0.4, -0.2) is 271 Å². The first kappa shape index (κ1) is 70.6. The van der Waals surface area contributed by atoms with Crippen molar-refractivity contribution in [1.82, 2.24) is 44.9 Å². The first-order valence-corrected chi connectivity index (χ1v) is 30.0. The molecule has 2 aliphatic heterocycles. The maximum atomic E-state index is 14.0. The highest BCUT2D eigenvalue weighted by Crippen LogP contribution is 2.47. The number of carboxylic acid groups (broad SMARTS) is 2. The summed E-state index contributed by atoms with van der Waals surface area (Å²) >= 11 is 13.0. The number of urea groups is 1. The average molecular weight is 1270 g/mol. The molecule has 0 bridgehead atoms. The number of rotatable bonds is 34. The molecule has 1 aromatic heterocycles. The van der Waals surface area contributed by atoms with E-state index in [1.165, 1.54) is 0 Å². The lowest BCUT2D eigenvalue weighted by molar-refractivity contribution is -0.140. The second kappa shape index (κ2) is 36.8. The molecule has 4 aromatic rings. The number of fused-ring (bicyclic) bond motifs is 3. The molecule has 2 aliphatic rings. The minimum atomic E-state index is -0.995. The number of hydrogen-bond donors (Lipinski definition) is 5. The van der Waals surface area contributed by atoms with Gasteiger partial charge in [0.05, 0.1) is 124 Å². The van der Waals surface area contributed by atoms with Crippen LogP contribution in [0.1, 0.15) is 36.8 Å². The molecule has 0 unspecified atom stereocenters. The Bertz CT molecular complexity index is 2890. The van der Waals surface area contributed by atoms with Gasteiger partial charge in [-0.15, -0.1) is 0 Å². The predicted molar refractivity (Wildman–Crippen MR) is 329 cm³/mol. The summed E-state index contributed by atoms with van der Waals surface area (Å²) in [4.78, 5) is 83.1. The molecule has 3 heterocycles. The van der Waals surface area contributed by atoms with Crippen LogP contribution in [0.15, 0.2) is 54.6 Å². The highest BCUT2D eigenvalue weighted by molar-refractivity contribution is 6.34. The quantitative estimate of drug-likeness (QED) is 0.0323. The zero-order valence-electron chi connectivity index (χ0n) is 50.9. The van der Waals surface area contributed by atoms with Gasteiger partial charge in [0.1, 0.15) is 24.4 Å². The van der Waals surface area contributed by atoms with Gasteiger partial charge in [0, 0.05) is 117 Å². The topological polar surface area (TPSA) is 287 Å². The summed E-state index contributed by atoms with van der Waals surface area (Å²) in [5.41, 5.74) is 4.21. The number of carboxylic acids is 2. The van der Waals surface area contributed by atoms with E-state index < -0.39 is 23.5 Å². The zero-order chi connectivity index (χ0) is 63.4. The van der Waals surface area contributed by atoms with Crippen LogP contribution in [0.4, 0.5) is 10.5 Å². The lowest BCUT2D eigenvalue weighted by Crippen LogP contribution is -2.49. The molecule has 1 fully saturated rings. The largest absolute Gasteiger partial charge is 0.496 e. The highest BCUT2D eigenvalue weighted by Gasteiger charge is 2.35. The summed E-state index contributed by atoms with van der Waals surface area (Å²) in [7, 11) is 3.31. The van der Waals surface area contributed by atoms with E-state index in [0.717, 1.165) is 11.8 Å². The summed E-state index contributed by atoms with van der Waals surface area (Å²) in [5, 5.41) is 33.0. The summed E-state index contributed by atoms with van der Waals surface area (Å²) < 4.78 is 47.3. The van der Waals surface area contributed by atoms with Gasteiger partial charge in [-0.1, -0.05) is 35.3 Å².